The van der Waals surface area contributed by atoms with Crippen LogP contribution in [0.5, 0.6) is 0 Å². The van der Waals surface area contributed by atoms with Crippen molar-refractivity contribution in [3.63, 3.8) is 0 Å². The molecule has 0 aliphatic carbocycles. The van der Waals surface area contributed by atoms with Gasteiger partial charge in [0.1, 0.15) is 0 Å². The summed E-state index contributed by atoms with van der Waals surface area (Å²) in [5.41, 5.74) is -0.896. The van der Waals surface area contributed by atoms with Gasteiger partial charge < -0.3 is 20.4 Å². The fraction of sp³-hybridized carbons (Fsp3) is 1.00. The Bertz CT molecular complexity index is 231. The van der Waals surface area contributed by atoms with E-state index in [-0.39, 0.29) is 24.5 Å². The maximum Gasteiger partial charge on any atom is 0.0627 e. The van der Waals surface area contributed by atoms with Crippen LogP contribution in [0.4, 0.5) is 0 Å². The van der Waals surface area contributed by atoms with Gasteiger partial charge in [0.05, 0.1) is 17.8 Å². The molecule has 4 heteroatoms. The van der Waals surface area contributed by atoms with E-state index in [9.17, 15) is 15.3 Å². The summed E-state index contributed by atoms with van der Waals surface area (Å²) in [4.78, 5) is 0. The van der Waals surface area contributed by atoms with E-state index in [1.165, 1.54) is 0 Å². The Hall–Kier alpha value is -0.160. The molecule has 0 saturated heterocycles. The Kier molecular flexibility index (Phi) is 10.5. The van der Waals surface area contributed by atoms with Gasteiger partial charge in [-0.15, -0.1) is 0 Å². The maximum absolute atomic E-state index is 10.7. The van der Waals surface area contributed by atoms with Gasteiger partial charge in [0, 0.05) is 6.61 Å². The van der Waals surface area contributed by atoms with Crippen LogP contribution in [0.15, 0.2) is 0 Å². The van der Waals surface area contributed by atoms with Crippen LogP contribution in [-0.4, -0.2) is 44.8 Å². The van der Waals surface area contributed by atoms with E-state index in [0.29, 0.717) is 19.3 Å². The molecule has 0 heterocycles. The molecular weight excluding hydrogens is 268 g/mol. The summed E-state index contributed by atoms with van der Waals surface area (Å²) in [6.45, 7) is 7.84. The molecule has 0 rings (SSSR count). The molecule has 5 atom stereocenters. The lowest BCUT2D eigenvalue weighted by Crippen LogP contribution is -2.37. The zero-order chi connectivity index (χ0) is 16.5. The lowest BCUT2D eigenvalue weighted by molar-refractivity contribution is -0.0387. The minimum Gasteiger partial charge on any atom is -0.396 e. The molecule has 0 bridgehead atoms. The molecule has 4 nitrogen and oxygen atoms in total. The SMILES string of the molecule is CCC[C@@H](O)[C@H](CC)C[C@@](C)(O)C[C@@H](CC)[C@H](O)CCO. The van der Waals surface area contributed by atoms with E-state index in [1.54, 1.807) is 6.92 Å². The molecule has 0 aliphatic rings. The van der Waals surface area contributed by atoms with E-state index in [4.69, 9.17) is 5.11 Å². The Morgan fingerprint density at radius 2 is 1.29 bits per heavy atom. The molecule has 128 valence electrons. The Labute approximate surface area is 130 Å². The average molecular weight is 304 g/mol. The molecule has 0 saturated carbocycles. The first kappa shape index (κ1) is 20.8. The van der Waals surface area contributed by atoms with Crippen molar-refractivity contribution in [3.8, 4) is 0 Å². The fourth-order valence-corrected chi connectivity index (χ4v) is 3.22. The van der Waals surface area contributed by atoms with Crippen molar-refractivity contribution in [1.29, 1.82) is 0 Å². The van der Waals surface area contributed by atoms with Crippen LogP contribution in [0.2, 0.25) is 0 Å². The van der Waals surface area contributed by atoms with E-state index >= 15 is 0 Å². The number of hydrogen-bond donors (Lipinski definition) is 4. The Morgan fingerprint density at radius 1 is 0.857 bits per heavy atom. The molecule has 0 aromatic heterocycles. The average Bonchev–Trinajstić information content (AvgIpc) is 2.42. The van der Waals surface area contributed by atoms with Gasteiger partial charge in [-0.3, -0.25) is 0 Å². The number of aliphatic hydroxyl groups is 4. The second-order valence-electron chi connectivity index (χ2n) is 6.68. The van der Waals surface area contributed by atoms with Gasteiger partial charge in [-0.05, 0) is 44.4 Å². The van der Waals surface area contributed by atoms with Crippen molar-refractivity contribution in [2.24, 2.45) is 11.8 Å². The Morgan fingerprint density at radius 3 is 1.62 bits per heavy atom. The number of hydrogen-bond acceptors (Lipinski definition) is 4. The third-order valence-electron chi connectivity index (χ3n) is 4.55. The van der Waals surface area contributed by atoms with E-state index in [0.717, 1.165) is 25.7 Å². The minimum atomic E-state index is -0.896. The first-order chi connectivity index (χ1) is 9.81. The lowest BCUT2D eigenvalue weighted by atomic mass is 9.78. The van der Waals surface area contributed by atoms with Gasteiger partial charge in [0.2, 0.25) is 0 Å². The molecule has 0 fully saturated rings. The van der Waals surface area contributed by atoms with Crippen molar-refractivity contribution in [2.45, 2.75) is 90.4 Å². The van der Waals surface area contributed by atoms with Gasteiger partial charge in [-0.1, -0.05) is 40.0 Å². The first-order valence-corrected chi connectivity index (χ1v) is 8.50. The highest BCUT2D eigenvalue weighted by Crippen LogP contribution is 2.31. The summed E-state index contributed by atoms with van der Waals surface area (Å²) in [7, 11) is 0. The van der Waals surface area contributed by atoms with Crippen LogP contribution in [-0.2, 0) is 0 Å². The highest BCUT2D eigenvalue weighted by atomic mass is 16.3. The van der Waals surface area contributed by atoms with Gasteiger partial charge in [-0.2, -0.15) is 0 Å². The first-order valence-electron chi connectivity index (χ1n) is 8.50. The number of rotatable bonds is 12. The molecular formula is C17H36O4. The molecule has 0 aromatic rings. The second-order valence-corrected chi connectivity index (χ2v) is 6.68. The highest BCUT2D eigenvalue weighted by Gasteiger charge is 2.32. The summed E-state index contributed by atoms with van der Waals surface area (Å²) in [5.74, 6) is 0.0698. The van der Waals surface area contributed by atoms with E-state index in [1.807, 2.05) is 20.8 Å². The van der Waals surface area contributed by atoms with Crippen molar-refractivity contribution in [1.82, 2.24) is 0 Å². The molecule has 0 aliphatic heterocycles. The zero-order valence-corrected chi connectivity index (χ0v) is 14.3. The third-order valence-corrected chi connectivity index (χ3v) is 4.55. The van der Waals surface area contributed by atoms with Gasteiger partial charge in [-0.25, -0.2) is 0 Å². The van der Waals surface area contributed by atoms with Gasteiger partial charge >= 0.3 is 0 Å². The molecule has 0 aromatic carbocycles. The van der Waals surface area contributed by atoms with Crippen molar-refractivity contribution in [2.75, 3.05) is 6.61 Å². The minimum absolute atomic E-state index is 0.0204. The summed E-state index contributed by atoms with van der Waals surface area (Å²) in [6.07, 6.45) is 3.77. The van der Waals surface area contributed by atoms with Gasteiger partial charge in [0.15, 0.2) is 0 Å². The molecule has 4 N–H and O–H groups in total. The lowest BCUT2D eigenvalue weighted by Gasteiger charge is -2.34. The van der Waals surface area contributed by atoms with Crippen LogP contribution in [0.1, 0.15) is 72.6 Å². The van der Waals surface area contributed by atoms with Crippen LogP contribution in [0.25, 0.3) is 0 Å². The summed E-state index contributed by atoms with van der Waals surface area (Å²) < 4.78 is 0. The van der Waals surface area contributed by atoms with E-state index in [2.05, 4.69) is 0 Å². The van der Waals surface area contributed by atoms with Crippen molar-refractivity contribution in [3.05, 3.63) is 0 Å². The quantitative estimate of drug-likeness (QED) is 0.446. The maximum atomic E-state index is 10.7. The molecule has 0 spiro atoms. The predicted molar refractivity (Wildman–Crippen MR) is 86.0 cm³/mol. The molecule has 0 radical (unpaired) electrons. The highest BCUT2D eigenvalue weighted by molar-refractivity contribution is 4.84. The monoisotopic (exact) mass is 304 g/mol. The summed E-state index contributed by atoms with van der Waals surface area (Å²) in [6, 6.07) is 0. The largest absolute Gasteiger partial charge is 0.396 e. The van der Waals surface area contributed by atoms with Crippen molar-refractivity contribution < 1.29 is 20.4 Å². The Balaban J connectivity index is 4.62. The van der Waals surface area contributed by atoms with Crippen LogP contribution >= 0.6 is 0 Å². The van der Waals surface area contributed by atoms with Crippen LogP contribution in [0, 0.1) is 11.8 Å². The topological polar surface area (TPSA) is 80.9 Å². The normalized spacial score (nSPS) is 20.6. The van der Waals surface area contributed by atoms with Gasteiger partial charge in [0.25, 0.3) is 0 Å². The van der Waals surface area contributed by atoms with Crippen molar-refractivity contribution >= 4 is 0 Å². The zero-order valence-electron chi connectivity index (χ0n) is 14.3. The number of aliphatic hydroxyl groups excluding tert-OH is 3. The fourth-order valence-electron chi connectivity index (χ4n) is 3.22. The van der Waals surface area contributed by atoms with Crippen LogP contribution in [0.3, 0.4) is 0 Å². The second kappa shape index (κ2) is 10.5. The smallest absolute Gasteiger partial charge is 0.0627 e. The predicted octanol–water partition coefficient (Wildman–Crippen LogP) is 2.47. The molecule has 0 unspecified atom stereocenters. The third kappa shape index (κ3) is 8.15. The van der Waals surface area contributed by atoms with Crippen LogP contribution < -0.4 is 0 Å². The summed E-state index contributed by atoms with van der Waals surface area (Å²) in [5, 5.41) is 39.8. The molecule has 21 heavy (non-hydrogen) atoms. The standard InChI is InChI=1S/C17H36O4/c1-5-8-15(19)13(6-2)11-17(4,21)12-14(7-3)16(20)9-10-18/h13-16,18-21H,5-12H2,1-4H3/t13-,14-,15-,16-,17-/m1/s1. The van der Waals surface area contributed by atoms with E-state index < -0.39 is 11.7 Å². The summed E-state index contributed by atoms with van der Waals surface area (Å²) >= 11 is 0. The molecule has 0 amide bonds.